The molecule has 1 amide bonds. The number of nitro benzene ring substituents is 1. The van der Waals surface area contributed by atoms with Crippen molar-refractivity contribution in [2.45, 2.75) is 6.92 Å². The van der Waals surface area contributed by atoms with Crippen LogP contribution in [-0.2, 0) is 4.79 Å². The molecule has 0 saturated heterocycles. The van der Waals surface area contributed by atoms with Gasteiger partial charge >= 0.3 is 0 Å². The Morgan fingerprint density at radius 1 is 1.19 bits per heavy atom. The van der Waals surface area contributed by atoms with Gasteiger partial charge in [-0.1, -0.05) is 35.9 Å². The van der Waals surface area contributed by atoms with Crippen LogP contribution in [0.2, 0.25) is 5.02 Å². The van der Waals surface area contributed by atoms with Gasteiger partial charge in [-0.05, 0) is 42.8 Å². The van der Waals surface area contributed by atoms with E-state index < -0.39 is 10.8 Å². The number of aryl methyl sites for hydroxylation is 1. The number of amides is 1. The van der Waals surface area contributed by atoms with Crippen LogP contribution in [0.15, 0.2) is 65.1 Å². The molecule has 0 atom stereocenters. The Bertz CT molecular complexity index is 1040. The van der Waals surface area contributed by atoms with Gasteiger partial charge in [0.15, 0.2) is 0 Å². The average Bonchev–Trinajstić information content (AvgIpc) is 3.11. The van der Waals surface area contributed by atoms with Gasteiger partial charge in [0.05, 0.1) is 4.92 Å². The van der Waals surface area contributed by atoms with Crippen molar-refractivity contribution in [1.29, 1.82) is 0 Å². The number of para-hydroxylation sites is 2. The van der Waals surface area contributed by atoms with E-state index in [9.17, 15) is 14.9 Å². The fourth-order valence-corrected chi connectivity index (χ4v) is 2.59. The van der Waals surface area contributed by atoms with Gasteiger partial charge < -0.3 is 9.73 Å². The van der Waals surface area contributed by atoms with Crippen molar-refractivity contribution < 1.29 is 14.1 Å². The highest BCUT2D eigenvalue weighted by Gasteiger charge is 2.13. The summed E-state index contributed by atoms with van der Waals surface area (Å²) in [7, 11) is 0. The predicted octanol–water partition coefficient (Wildman–Crippen LogP) is 5.47. The molecule has 6 nitrogen and oxygen atoms in total. The second-order valence-electron chi connectivity index (χ2n) is 5.76. The lowest BCUT2D eigenvalue weighted by Gasteiger charge is -2.02. The van der Waals surface area contributed by atoms with Crippen molar-refractivity contribution >= 4 is 35.0 Å². The molecule has 1 heterocycles. The molecule has 0 spiro atoms. The monoisotopic (exact) mass is 382 g/mol. The summed E-state index contributed by atoms with van der Waals surface area (Å²) in [5.41, 5.74) is 1.76. The number of furan rings is 1. The van der Waals surface area contributed by atoms with Gasteiger partial charge in [0, 0.05) is 22.7 Å². The van der Waals surface area contributed by atoms with E-state index in [-0.39, 0.29) is 11.4 Å². The molecule has 1 aromatic heterocycles. The molecule has 3 aromatic rings. The van der Waals surface area contributed by atoms with Crippen molar-refractivity contribution in [2.24, 2.45) is 0 Å². The fraction of sp³-hybridized carbons (Fsp3) is 0.0500. The number of benzene rings is 2. The highest BCUT2D eigenvalue weighted by atomic mass is 35.5. The summed E-state index contributed by atoms with van der Waals surface area (Å²) >= 11 is 6.13. The maximum Gasteiger partial charge on any atom is 0.292 e. The zero-order chi connectivity index (χ0) is 19.4. The van der Waals surface area contributed by atoms with E-state index in [1.165, 1.54) is 30.4 Å². The molecule has 0 saturated carbocycles. The maximum absolute atomic E-state index is 12.0. The van der Waals surface area contributed by atoms with E-state index >= 15 is 0 Å². The quantitative estimate of drug-likeness (QED) is 0.360. The van der Waals surface area contributed by atoms with Crippen LogP contribution in [0.4, 0.5) is 11.4 Å². The lowest BCUT2D eigenvalue weighted by molar-refractivity contribution is -0.383. The predicted molar refractivity (Wildman–Crippen MR) is 105 cm³/mol. The number of rotatable bonds is 5. The normalized spacial score (nSPS) is 10.9. The summed E-state index contributed by atoms with van der Waals surface area (Å²) < 4.78 is 5.69. The van der Waals surface area contributed by atoms with Gasteiger partial charge in [-0.3, -0.25) is 14.9 Å². The van der Waals surface area contributed by atoms with E-state index in [1.54, 1.807) is 18.2 Å². The molecule has 3 rings (SSSR count). The maximum atomic E-state index is 12.0. The molecule has 1 N–H and O–H groups in total. The third kappa shape index (κ3) is 4.43. The van der Waals surface area contributed by atoms with Crippen molar-refractivity contribution in [2.75, 3.05) is 5.32 Å². The first-order chi connectivity index (χ1) is 12.9. The number of hydrogen-bond acceptors (Lipinski definition) is 4. The van der Waals surface area contributed by atoms with Crippen LogP contribution in [0.3, 0.4) is 0 Å². The smallest absolute Gasteiger partial charge is 0.292 e. The van der Waals surface area contributed by atoms with E-state index in [4.69, 9.17) is 16.0 Å². The second kappa shape index (κ2) is 7.88. The number of nitrogens with zero attached hydrogens (tertiary/aromatic N) is 1. The first-order valence-corrected chi connectivity index (χ1v) is 8.40. The second-order valence-corrected chi connectivity index (χ2v) is 6.17. The topological polar surface area (TPSA) is 85.4 Å². The van der Waals surface area contributed by atoms with Crippen LogP contribution in [-0.4, -0.2) is 10.8 Å². The van der Waals surface area contributed by atoms with E-state index in [0.717, 1.165) is 11.1 Å². The number of nitro groups is 1. The van der Waals surface area contributed by atoms with Gasteiger partial charge in [-0.15, -0.1) is 0 Å². The molecule has 27 heavy (non-hydrogen) atoms. The Kier molecular flexibility index (Phi) is 5.38. The summed E-state index contributed by atoms with van der Waals surface area (Å²) in [4.78, 5) is 22.5. The van der Waals surface area contributed by atoms with Crippen LogP contribution >= 0.6 is 11.6 Å². The average molecular weight is 383 g/mol. The Balaban J connectivity index is 1.71. The van der Waals surface area contributed by atoms with Gasteiger partial charge in [-0.2, -0.15) is 0 Å². The fourth-order valence-electron chi connectivity index (χ4n) is 2.41. The van der Waals surface area contributed by atoms with Crippen LogP contribution in [0.5, 0.6) is 0 Å². The molecule has 0 fully saturated rings. The van der Waals surface area contributed by atoms with Crippen molar-refractivity contribution in [1.82, 2.24) is 0 Å². The first kappa shape index (κ1) is 18.4. The summed E-state index contributed by atoms with van der Waals surface area (Å²) in [5, 5.41) is 14.1. The molecular formula is C20H15ClN2O4. The zero-order valence-corrected chi connectivity index (χ0v) is 15.1. The molecule has 2 aromatic carbocycles. The largest absolute Gasteiger partial charge is 0.457 e. The Labute approximate surface area is 160 Å². The molecule has 0 aliphatic carbocycles. The third-order valence-corrected chi connectivity index (χ3v) is 4.25. The Morgan fingerprint density at radius 3 is 2.70 bits per heavy atom. The molecule has 136 valence electrons. The van der Waals surface area contributed by atoms with Gasteiger partial charge in [-0.25, -0.2) is 0 Å². The standard InChI is InChI=1S/C20H15ClN2O4/c1-13-6-7-14(12-16(13)21)19-10-8-15(27-19)9-11-20(24)22-17-4-2-3-5-18(17)23(25)26/h2-12H,1H3,(H,22,24). The highest BCUT2D eigenvalue weighted by Crippen LogP contribution is 2.27. The lowest BCUT2D eigenvalue weighted by Crippen LogP contribution is -2.09. The molecule has 0 bridgehead atoms. The first-order valence-electron chi connectivity index (χ1n) is 8.03. The van der Waals surface area contributed by atoms with Crippen molar-refractivity contribution in [3.05, 3.63) is 87.1 Å². The van der Waals surface area contributed by atoms with Crippen LogP contribution in [0.1, 0.15) is 11.3 Å². The summed E-state index contributed by atoms with van der Waals surface area (Å²) in [6.45, 7) is 1.91. The van der Waals surface area contributed by atoms with E-state index in [1.807, 2.05) is 25.1 Å². The van der Waals surface area contributed by atoms with Crippen LogP contribution in [0.25, 0.3) is 17.4 Å². The number of halogens is 1. The lowest BCUT2D eigenvalue weighted by atomic mass is 10.1. The van der Waals surface area contributed by atoms with Gasteiger partial charge in [0.1, 0.15) is 17.2 Å². The minimum absolute atomic E-state index is 0.131. The number of nitrogens with one attached hydrogen (secondary N) is 1. The van der Waals surface area contributed by atoms with Crippen LogP contribution in [0, 0.1) is 17.0 Å². The zero-order valence-electron chi connectivity index (χ0n) is 14.3. The summed E-state index contributed by atoms with van der Waals surface area (Å²) in [5.74, 6) is 0.593. The van der Waals surface area contributed by atoms with Crippen molar-refractivity contribution in [3.8, 4) is 11.3 Å². The molecule has 0 unspecified atom stereocenters. The number of anilines is 1. The number of carbonyl (C=O) groups is 1. The molecule has 0 aliphatic rings. The molecule has 7 heteroatoms. The van der Waals surface area contributed by atoms with Gasteiger partial charge in [0.25, 0.3) is 5.69 Å². The third-order valence-electron chi connectivity index (χ3n) is 3.84. The Hall–Kier alpha value is -3.38. The molecule has 0 aliphatic heterocycles. The molecular weight excluding hydrogens is 368 g/mol. The van der Waals surface area contributed by atoms with Crippen LogP contribution < -0.4 is 5.32 Å². The summed E-state index contributed by atoms with van der Waals surface area (Å²) in [6.07, 6.45) is 2.74. The van der Waals surface area contributed by atoms with E-state index in [0.29, 0.717) is 16.5 Å². The number of hydrogen-bond donors (Lipinski definition) is 1. The van der Waals surface area contributed by atoms with E-state index in [2.05, 4.69) is 5.32 Å². The molecule has 0 radical (unpaired) electrons. The minimum atomic E-state index is -0.551. The Morgan fingerprint density at radius 2 is 1.96 bits per heavy atom. The summed E-state index contributed by atoms with van der Waals surface area (Å²) in [6, 6.07) is 15.0. The minimum Gasteiger partial charge on any atom is -0.457 e. The van der Waals surface area contributed by atoms with Crippen molar-refractivity contribution in [3.63, 3.8) is 0 Å². The number of carbonyl (C=O) groups excluding carboxylic acids is 1. The highest BCUT2D eigenvalue weighted by molar-refractivity contribution is 6.31. The SMILES string of the molecule is Cc1ccc(-c2ccc(C=CC(=O)Nc3ccccc3[N+](=O)[O-])o2)cc1Cl. The van der Waals surface area contributed by atoms with Gasteiger partial charge in [0.2, 0.25) is 5.91 Å².